The second-order valence-electron chi connectivity index (χ2n) is 4.21. The standard InChI is InChI=1S/C9H18F3N3O2S/c1-3-15(18(16,17)13-2)8-4-5-14(6-8)7-9(10,11)12/h8,13H,3-7H2,1-2H3. The Labute approximate surface area is 105 Å². The van der Waals surface area contributed by atoms with Crippen molar-refractivity contribution >= 4 is 10.2 Å². The average Bonchev–Trinajstić information content (AvgIpc) is 2.64. The molecule has 1 fully saturated rings. The van der Waals surface area contributed by atoms with Gasteiger partial charge in [-0.05, 0) is 6.42 Å². The molecular formula is C9H18F3N3O2S. The van der Waals surface area contributed by atoms with Gasteiger partial charge in [-0.25, -0.2) is 4.72 Å². The molecule has 1 saturated heterocycles. The molecular weight excluding hydrogens is 271 g/mol. The zero-order chi connectivity index (χ0) is 14.0. The molecule has 1 atom stereocenters. The van der Waals surface area contributed by atoms with Gasteiger partial charge in [-0.3, -0.25) is 4.90 Å². The summed E-state index contributed by atoms with van der Waals surface area (Å²) in [5, 5.41) is 0. The van der Waals surface area contributed by atoms with Crippen molar-refractivity contribution in [3.05, 3.63) is 0 Å². The van der Waals surface area contributed by atoms with E-state index >= 15 is 0 Å². The number of likely N-dealkylation sites (N-methyl/N-ethyl adjacent to an activating group) is 1. The first-order valence-corrected chi connectivity index (χ1v) is 7.13. The van der Waals surface area contributed by atoms with Gasteiger partial charge in [0, 0.05) is 32.7 Å². The van der Waals surface area contributed by atoms with Crippen molar-refractivity contribution in [2.45, 2.75) is 25.6 Å². The summed E-state index contributed by atoms with van der Waals surface area (Å²) >= 11 is 0. The third-order valence-corrected chi connectivity index (χ3v) is 4.63. The van der Waals surface area contributed by atoms with Crippen LogP contribution in [0, 0.1) is 0 Å². The van der Waals surface area contributed by atoms with E-state index < -0.39 is 29.0 Å². The summed E-state index contributed by atoms with van der Waals surface area (Å²) in [6.45, 7) is 1.31. The Morgan fingerprint density at radius 3 is 2.50 bits per heavy atom. The molecule has 0 aliphatic carbocycles. The molecule has 1 heterocycles. The van der Waals surface area contributed by atoms with Gasteiger partial charge >= 0.3 is 6.18 Å². The fraction of sp³-hybridized carbons (Fsp3) is 1.00. The number of nitrogens with zero attached hydrogens (tertiary/aromatic N) is 2. The van der Waals surface area contributed by atoms with Crippen molar-refractivity contribution in [3.63, 3.8) is 0 Å². The van der Waals surface area contributed by atoms with E-state index in [1.54, 1.807) is 6.92 Å². The first-order valence-electron chi connectivity index (χ1n) is 5.69. The molecule has 5 nitrogen and oxygen atoms in total. The Bertz CT molecular complexity index is 372. The Morgan fingerprint density at radius 1 is 1.44 bits per heavy atom. The predicted octanol–water partition coefficient (Wildman–Crippen LogP) is 0.409. The van der Waals surface area contributed by atoms with E-state index in [2.05, 4.69) is 4.72 Å². The Kier molecular flexibility index (Phi) is 4.98. The zero-order valence-electron chi connectivity index (χ0n) is 10.4. The second-order valence-corrected chi connectivity index (χ2v) is 6.03. The molecule has 0 amide bonds. The molecule has 1 N–H and O–H groups in total. The lowest BCUT2D eigenvalue weighted by molar-refractivity contribution is -0.143. The first kappa shape index (κ1) is 15.7. The van der Waals surface area contributed by atoms with Gasteiger partial charge in [0.25, 0.3) is 10.2 Å². The van der Waals surface area contributed by atoms with E-state index in [0.717, 1.165) is 0 Å². The van der Waals surface area contributed by atoms with Crippen molar-refractivity contribution in [2.24, 2.45) is 0 Å². The number of hydrogen-bond donors (Lipinski definition) is 1. The van der Waals surface area contributed by atoms with Gasteiger partial charge in [0.15, 0.2) is 0 Å². The number of nitrogens with one attached hydrogen (secondary N) is 1. The minimum atomic E-state index is -4.24. The second kappa shape index (κ2) is 5.72. The summed E-state index contributed by atoms with van der Waals surface area (Å²) < 4.78 is 63.5. The highest BCUT2D eigenvalue weighted by atomic mass is 32.2. The summed E-state index contributed by atoms with van der Waals surface area (Å²) in [5.74, 6) is 0. The molecule has 18 heavy (non-hydrogen) atoms. The van der Waals surface area contributed by atoms with Crippen LogP contribution in [0.2, 0.25) is 0 Å². The maximum Gasteiger partial charge on any atom is 0.401 e. The lowest BCUT2D eigenvalue weighted by Crippen LogP contribution is -2.47. The van der Waals surface area contributed by atoms with Crippen LogP contribution in [0.3, 0.4) is 0 Å². The highest BCUT2D eigenvalue weighted by Crippen LogP contribution is 2.23. The molecule has 0 aromatic rings. The highest BCUT2D eigenvalue weighted by Gasteiger charge is 2.38. The SMILES string of the molecule is CCN(C1CCN(CC(F)(F)F)C1)S(=O)(=O)NC. The summed E-state index contributed by atoms with van der Waals surface area (Å²) in [5.41, 5.74) is 0. The van der Waals surface area contributed by atoms with Crippen molar-refractivity contribution in [2.75, 3.05) is 33.2 Å². The Hall–Kier alpha value is -0.380. The molecule has 1 aliphatic rings. The summed E-state index contributed by atoms with van der Waals surface area (Å²) in [6, 6.07) is -0.394. The van der Waals surface area contributed by atoms with Crippen molar-refractivity contribution in [1.82, 2.24) is 13.9 Å². The predicted molar refractivity (Wildman–Crippen MR) is 61.3 cm³/mol. The van der Waals surface area contributed by atoms with Crippen LogP contribution in [0.25, 0.3) is 0 Å². The maximum atomic E-state index is 12.2. The van der Waals surface area contributed by atoms with Gasteiger partial charge in [0.05, 0.1) is 6.54 Å². The van der Waals surface area contributed by atoms with Crippen molar-refractivity contribution < 1.29 is 21.6 Å². The highest BCUT2D eigenvalue weighted by molar-refractivity contribution is 7.87. The fourth-order valence-electron chi connectivity index (χ4n) is 2.19. The van der Waals surface area contributed by atoms with Crippen LogP contribution in [-0.4, -0.2) is 63.1 Å². The van der Waals surface area contributed by atoms with Crippen LogP contribution in [0.5, 0.6) is 0 Å². The van der Waals surface area contributed by atoms with Crippen LogP contribution < -0.4 is 4.72 Å². The van der Waals surface area contributed by atoms with Gasteiger partial charge < -0.3 is 0 Å². The molecule has 9 heteroatoms. The molecule has 0 bridgehead atoms. The molecule has 108 valence electrons. The number of hydrogen-bond acceptors (Lipinski definition) is 3. The zero-order valence-corrected chi connectivity index (χ0v) is 11.2. The third kappa shape index (κ3) is 4.08. The van der Waals surface area contributed by atoms with Crippen LogP contribution in [-0.2, 0) is 10.2 Å². The Morgan fingerprint density at radius 2 is 2.06 bits per heavy atom. The normalized spacial score (nSPS) is 22.9. The van der Waals surface area contributed by atoms with Crippen molar-refractivity contribution in [3.8, 4) is 0 Å². The fourth-order valence-corrected chi connectivity index (χ4v) is 3.33. The van der Waals surface area contributed by atoms with E-state index in [-0.39, 0.29) is 19.6 Å². The molecule has 0 aromatic carbocycles. The van der Waals surface area contributed by atoms with Crippen LogP contribution in [0.15, 0.2) is 0 Å². The lowest BCUT2D eigenvalue weighted by atomic mass is 10.3. The molecule has 1 rings (SSSR count). The number of rotatable bonds is 5. The van der Waals surface area contributed by atoms with E-state index in [1.807, 2.05) is 0 Å². The molecule has 1 aliphatic heterocycles. The lowest BCUT2D eigenvalue weighted by Gasteiger charge is -2.26. The van der Waals surface area contributed by atoms with Gasteiger partial charge in [-0.15, -0.1) is 0 Å². The largest absolute Gasteiger partial charge is 0.401 e. The molecule has 0 aromatic heterocycles. The number of halogens is 3. The minimum absolute atomic E-state index is 0.119. The van der Waals surface area contributed by atoms with Crippen LogP contribution >= 0.6 is 0 Å². The minimum Gasteiger partial charge on any atom is -0.293 e. The summed E-state index contributed by atoms with van der Waals surface area (Å²) in [4.78, 5) is 1.23. The quantitative estimate of drug-likeness (QED) is 0.797. The average molecular weight is 289 g/mol. The first-order chi connectivity index (χ1) is 8.19. The van der Waals surface area contributed by atoms with Gasteiger partial charge in [-0.2, -0.15) is 25.9 Å². The molecule has 1 unspecified atom stereocenters. The third-order valence-electron chi connectivity index (χ3n) is 2.94. The maximum absolute atomic E-state index is 12.2. The number of likely N-dealkylation sites (tertiary alicyclic amines) is 1. The van der Waals surface area contributed by atoms with E-state index in [0.29, 0.717) is 6.42 Å². The van der Waals surface area contributed by atoms with Crippen molar-refractivity contribution in [1.29, 1.82) is 0 Å². The summed E-state index contributed by atoms with van der Waals surface area (Å²) in [7, 11) is -2.29. The molecule has 0 spiro atoms. The Balaban J connectivity index is 2.65. The molecule has 0 saturated carbocycles. The van der Waals surface area contributed by atoms with Gasteiger partial charge in [0.2, 0.25) is 0 Å². The summed E-state index contributed by atoms with van der Waals surface area (Å²) in [6.07, 6.45) is -3.82. The monoisotopic (exact) mass is 289 g/mol. The van der Waals surface area contributed by atoms with Crippen LogP contribution in [0.1, 0.15) is 13.3 Å². The van der Waals surface area contributed by atoms with E-state index in [1.165, 1.54) is 16.3 Å². The van der Waals surface area contributed by atoms with Gasteiger partial charge in [0.1, 0.15) is 0 Å². The molecule has 0 radical (unpaired) electrons. The smallest absolute Gasteiger partial charge is 0.293 e. The topological polar surface area (TPSA) is 52.7 Å². The number of alkyl halides is 3. The van der Waals surface area contributed by atoms with Crippen LogP contribution in [0.4, 0.5) is 13.2 Å². The van der Waals surface area contributed by atoms with Gasteiger partial charge in [-0.1, -0.05) is 6.92 Å². The van der Waals surface area contributed by atoms with E-state index in [9.17, 15) is 21.6 Å². The van der Waals surface area contributed by atoms with E-state index in [4.69, 9.17) is 0 Å².